The minimum absolute atomic E-state index is 1.25. The predicted molar refractivity (Wildman–Crippen MR) is 310 cm³/mol. The van der Waals surface area contributed by atoms with Crippen molar-refractivity contribution >= 4 is 202 Å². The fraction of sp³-hybridized carbons (Fsp3) is 0. The van der Waals surface area contributed by atoms with E-state index in [0.29, 0.717) is 0 Å². The van der Waals surface area contributed by atoms with Crippen LogP contribution >= 0.6 is 45.3 Å². The maximum Gasteiger partial charge on any atom is 0.0614 e. The Labute approximate surface area is 413 Å². The molecule has 0 saturated carbocycles. The molecule has 8 aromatic heterocycles. The van der Waals surface area contributed by atoms with Crippen LogP contribution in [0.25, 0.3) is 168 Å². The lowest BCUT2D eigenvalue weighted by Crippen LogP contribution is -1.92. The predicted octanol–water partition coefficient (Wildman–Crippen LogP) is 20.2. The molecule has 2 nitrogen and oxygen atoms in total. The van der Waals surface area contributed by atoms with Crippen LogP contribution in [0.3, 0.4) is 0 Å². The third kappa shape index (κ3) is 4.55. The monoisotopic (exact) mass is 956 g/mol. The first-order valence-electron chi connectivity index (χ1n) is 23.8. The number of fused-ring (bicyclic) bond motifs is 32. The van der Waals surface area contributed by atoms with Crippen molar-refractivity contribution in [3.05, 3.63) is 194 Å². The van der Waals surface area contributed by atoms with Gasteiger partial charge in [0.05, 0.1) is 22.1 Å². The summed E-state index contributed by atoms with van der Waals surface area (Å²) >= 11 is 7.75. The molecule has 0 radical (unpaired) electrons. The van der Waals surface area contributed by atoms with Gasteiger partial charge in [0.1, 0.15) is 0 Å². The lowest BCUT2D eigenvalue weighted by atomic mass is 9.92. The van der Waals surface area contributed by atoms with Crippen molar-refractivity contribution in [1.29, 1.82) is 0 Å². The van der Waals surface area contributed by atoms with E-state index in [0.717, 1.165) is 0 Å². The lowest BCUT2D eigenvalue weighted by Gasteiger charge is -2.15. The zero-order valence-corrected chi connectivity index (χ0v) is 40.3. The molecule has 0 saturated heterocycles. The molecule has 0 N–H and O–H groups in total. The number of aromatic nitrogens is 2. The SMILES string of the molecule is c1ccc2c(c1)cn1c3ccc4c5ccccc5sc4c3c3c(ccc4c5cc(-c6cc7c(c8sc9ccccc9c68)c6c(ccc8sc9ccccc9c86)c6c8ccccc8cn76)ccc5sc43)c21. The maximum absolute atomic E-state index is 2.54. The van der Waals surface area contributed by atoms with Crippen LogP contribution in [0.1, 0.15) is 0 Å². The Balaban J connectivity index is 0.999. The van der Waals surface area contributed by atoms with Crippen molar-refractivity contribution in [2.24, 2.45) is 0 Å². The molecule has 0 unspecified atom stereocenters. The van der Waals surface area contributed by atoms with Crippen LogP contribution in [-0.4, -0.2) is 8.80 Å². The van der Waals surface area contributed by atoms with Gasteiger partial charge in [0.25, 0.3) is 0 Å². The minimum Gasteiger partial charge on any atom is -0.315 e. The summed E-state index contributed by atoms with van der Waals surface area (Å²) in [5, 5.41) is 23.8. The first-order chi connectivity index (χ1) is 34.7. The molecule has 0 amide bonds. The maximum atomic E-state index is 2.54. The fourth-order valence-electron chi connectivity index (χ4n) is 12.7. The number of benzene rings is 10. The van der Waals surface area contributed by atoms with E-state index in [1.54, 1.807) is 0 Å². The minimum atomic E-state index is 1.25. The Morgan fingerprint density at radius 1 is 0.271 bits per heavy atom. The second kappa shape index (κ2) is 13.1. The molecule has 70 heavy (non-hydrogen) atoms. The van der Waals surface area contributed by atoms with Gasteiger partial charge in [-0.1, -0.05) is 133 Å². The zero-order valence-electron chi connectivity index (χ0n) is 37.0. The fourth-order valence-corrected chi connectivity index (χ4v) is 17.6. The highest BCUT2D eigenvalue weighted by atomic mass is 32.1. The summed E-state index contributed by atoms with van der Waals surface area (Å²) in [6, 6.07) is 69.1. The van der Waals surface area contributed by atoms with E-state index in [-0.39, 0.29) is 0 Å². The van der Waals surface area contributed by atoms with Crippen LogP contribution in [0.15, 0.2) is 194 Å². The molecule has 0 atom stereocenters. The highest BCUT2D eigenvalue weighted by Crippen LogP contribution is 2.53. The average Bonchev–Trinajstić information content (AvgIpc) is 4.27. The van der Waals surface area contributed by atoms with E-state index < -0.39 is 0 Å². The van der Waals surface area contributed by atoms with Gasteiger partial charge in [-0.05, 0) is 59.7 Å². The van der Waals surface area contributed by atoms with Crippen LogP contribution in [0.4, 0.5) is 0 Å². The Bertz CT molecular complexity index is 5440. The molecule has 0 aliphatic rings. The number of nitrogens with zero attached hydrogens (tertiary/aromatic N) is 2. The molecule has 0 aliphatic heterocycles. The quantitative estimate of drug-likeness (QED) is 0.145. The molecule has 8 heterocycles. The van der Waals surface area contributed by atoms with Crippen molar-refractivity contribution in [2.75, 3.05) is 0 Å². The smallest absolute Gasteiger partial charge is 0.0614 e. The molecular weight excluding hydrogens is 925 g/mol. The first kappa shape index (κ1) is 37.1. The summed E-state index contributed by atoms with van der Waals surface area (Å²) in [5.74, 6) is 0. The topological polar surface area (TPSA) is 8.82 Å². The van der Waals surface area contributed by atoms with Crippen molar-refractivity contribution in [3.63, 3.8) is 0 Å². The number of hydrogen-bond acceptors (Lipinski definition) is 4. The van der Waals surface area contributed by atoms with Gasteiger partial charge in [-0.3, -0.25) is 0 Å². The summed E-state index contributed by atoms with van der Waals surface area (Å²) in [6.07, 6.45) is 4.73. The van der Waals surface area contributed by atoms with Gasteiger partial charge in [-0.15, -0.1) is 45.3 Å². The van der Waals surface area contributed by atoms with Crippen molar-refractivity contribution in [3.8, 4) is 11.1 Å². The van der Waals surface area contributed by atoms with Crippen LogP contribution < -0.4 is 0 Å². The Kier molecular flexibility index (Phi) is 6.93. The molecule has 322 valence electrons. The first-order valence-corrected chi connectivity index (χ1v) is 27.1. The van der Waals surface area contributed by atoms with Crippen molar-refractivity contribution in [2.45, 2.75) is 0 Å². The summed E-state index contributed by atoms with van der Waals surface area (Å²) in [4.78, 5) is 0. The zero-order chi connectivity index (χ0) is 45.1. The summed E-state index contributed by atoms with van der Waals surface area (Å²) in [7, 11) is 0. The van der Waals surface area contributed by atoms with Crippen molar-refractivity contribution in [1.82, 2.24) is 8.80 Å². The van der Waals surface area contributed by atoms with Crippen molar-refractivity contribution < 1.29 is 0 Å². The van der Waals surface area contributed by atoms with Gasteiger partial charge in [0, 0.05) is 147 Å². The second-order valence-corrected chi connectivity index (χ2v) is 23.3. The van der Waals surface area contributed by atoms with Crippen LogP contribution in [0.2, 0.25) is 0 Å². The van der Waals surface area contributed by atoms with E-state index in [4.69, 9.17) is 0 Å². The van der Waals surface area contributed by atoms with E-state index >= 15 is 0 Å². The van der Waals surface area contributed by atoms with Gasteiger partial charge in [0.2, 0.25) is 0 Å². The van der Waals surface area contributed by atoms with Gasteiger partial charge < -0.3 is 8.80 Å². The number of hydrogen-bond donors (Lipinski definition) is 0. The number of rotatable bonds is 1. The van der Waals surface area contributed by atoms with E-state index in [1.807, 2.05) is 45.3 Å². The van der Waals surface area contributed by atoms with Crippen LogP contribution in [0.5, 0.6) is 0 Å². The largest absolute Gasteiger partial charge is 0.315 e. The molecule has 0 spiro atoms. The lowest BCUT2D eigenvalue weighted by molar-refractivity contribution is 1.30. The Morgan fingerprint density at radius 3 is 1.53 bits per heavy atom. The summed E-state index contributed by atoms with van der Waals surface area (Å²) < 4.78 is 15.7. The molecule has 0 aliphatic carbocycles. The van der Waals surface area contributed by atoms with Gasteiger partial charge in [-0.25, -0.2) is 0 Å². The van der Waals surface area contributed by atoms with Crippen LogP contribution in [0, 0.1) is 0 Å². The number of thiophene rings is 4. The molecule has 0 bridgehead atoms. The molecular formula is C64H32N2S4. The highest BCUT2D eigenvalue weighted by Gasteiger charge is 2.25. The molecule has 18 rings (SSSR count). The van der Waals surface area contributed by atoms with Gasteiger partial charge in [0.15, 0.2) is 0 Å². The molecule has 0 fully saturated rings. The van der Waals surface area contributed by atoms with E-state index in [2.05, 4.69) is 203 Å². The Hall–Kier alpha value is -7.84. The molecule has 6 heteroatoms. The number of pyridine rings is 2. The average molecular weight is 957 g/mol. The normalized spacial score (nSPS) is 12.9. The van der Waals surface area contributed by atoms with Gasteiger partial charge in [-0.2, -0.15) is 0 Å². The van der Waals surface area contributed by atoms with E-state index in [1.165, 1.54) is 168 Å². The Morgan fingerprint density at radius 2 is 0.771 bits per heavy atom. The molecule has 10 aromatic carbocycles. The molecule has 18 aromatic rings. The highest BCUT2D eigenvalue weighted by molar-refractivity contribution is 7.28. The second-order valence-electron chi connectivity index (χ2n) is 19.1. The summed E-state index contributed by atoms with van der Waals surface area (Å²) in [6.45, 7) is 0. The third-order valence-corrected chi connectivity index (χ3v) is 20.4. The van der Waals surface area contributed by atoms with Gasteiger partial charge >= 0.3 is 0 Å². The standard InChI is InChI=1S/C64H32N2S4/c1-4-14-37-34(11-1)31-65-47-26-24-39-38-15-5-8-18-49(38)68-63(39)58(47)57-44(61(37)65)23-22-40-46-29-33(21-27-52(46)69-62(40)57)45-30-48-59(64-54(45)41-16-6-10-20-51(41)70-64)56-43(60-36-13-3-2-12-35(36)32-66(48)60)25-28-53-55(56)42-17-7-9-19-50(42)67-53/h1-32H. The van der Waals surface area contributed by atoms with Crippen LogP contribution in [-0.2, 0) is 0 Å². The van der Waals surface area contributed by atoms with E-state index in [9.17, 15) is 0 Å². The summed E-state index contributed by atoms with van der Waals surface area (Å²) in [5.41, 5.74) is 7.59. The third-order valence-electron chi connectivity index (χ3n) is 15.6.